The summed E-state index contributed by atoms with van der Waals surface area (Å²) in [5.41, 5.74) is 5.97. The third kappa shape index (κ3) is 6.02. The van der Waals surface area contributed by atoms with Crippen LogP contribution in [0, 0.1) is 11.3 Å². The van der Waals surface area contributed by atoms with Gasteiger partial charge in [-0.2, -0.15) is 5.26 Å². The van der Waals surface area contributed by atoms with E-state index in [1.54, 1.807) is 31.2 Å². The Bertz CT molecular complexity index is 429. The van der Waals surface area contributed by atoms with Gasteiger partial charge in [-0.15, -0.1) is 0 Å². The third-order valence-electron chi connectivity index (χ3n) is 2.89. The van der Waals surface area contributed by atoms with Gasteiger partial charge in [-0.25, -0.2) is 0 Å². The molecule has 2 atom stereocenters. The van der Waals surface area contributed by atoms with Gasteiger partial charge in [0.05, 0.1) is 11.6 Å². The van der Waals surface area contributed by atoms with Gasteiger partial charge in [0, 0.05) is 0 Å². The summed E-state index contributed by atoms with van der Waals surface area (Å²) in [6.45, 7) is 3.14. The molecule has 4 N–H and O–H groups in total. The second-order valence-electron chi connectivity index (χ2n) is 4.72. The molecule has 20 heavy (non-hydrogen) atoms. The molecule has 0 heterocycles. The van der Waals surface area contributed by atoms with E-state index in [9.17, 15) is 5.11 Å². The Morgan fingerprint density at radius 2 is 2.20 bits per heavy atom. The monoisotopic (exact) mass is 277 g/mol. The van der Waals surface area contributed by atoms with Gasteiger partial charge in [-0.1, -0.05) is 12.5 Å². The number of nitrogens with two attached hydrogens (primary N) is 1. The number of nitrogens with one attached hydrogen (secondary N) is 1. The Morgan fingerprint density at radius 1 is 1.40 bits per heavy atom. The van der Waals surface area contributed by atoms with Crippen molar-refractivity contribution >= 4 is 0 Å². The van der Waals surface area contributed by atoms with Crippen molar-refractivity contribution in [1.82, 2.24) is 5.32 Å². The summed E-state index contributed by atoms with van der Waals surface area (Å²) < 4.78 is 5.69. The van der Waals surface area contributed by atoms with E-state index in [1.165, 1.54) is 0 Å². The van der Waals surface area contributed by atoms with Gasteiger partial charge in [-0.3, -0.25) is 5.32 Å². The maximum absolute atomic E-state index is 9.73. The molecule has 0 saturated heterocycles. The standard InChI is InChI=1S/C15H23N3O2/c1-12(19)15(18-9-4-2-3-8-16)20-14-7-5-6-13(10-14)11-17/h5-7,10,12,15,18-19H,2-4,8-9,16H2,1H3. The number of hydrogen-bond acceptors (Lipinski definition) is 5. The van der Waals surface area contributed by atoms with E-state index < -0.39 is 12.3 Å². The van der Waals surface area contributed by atoms with Crippen molar-refractivity contribution in [2.24, 2.45) is 5.73 Å². The molecule has 0 radical (unpaired) electrons. The zero-order valence-corrected chi connectivity index (χ0v) is 11.9. The van der Waals surface area contributed by atoms with E-state index in [4.69, 9.17) is 15.7 Å². The lowest BCUT2D eigenvalue weighted by atomic mass is 10.2. The molecular weight excluding hydrogens is 254 g/mol. The number of rotatable bonds is 9. The van der Waals surface area contributed by atoms with E-state index in [0.717, 1.165) is 25.8 Å². The first kappa shape index (κ1) is 16.4. The van der Waals surface area contributed by atoms with E-state index in [1.807, 2.05) is 0 Å². The maximum Gasteiger partial charge on any atom is 0.176 e. The minimum absolute atomic E-state index is 0.484. The van der Waals surface area contributed by atoms with Gasteiger partial charge in [-0.05, 0) is 51.1 Å². The van der Waals surface area contributed by atoms with Crippen LogP contribution >= 0.6 is 0 Å². The maximum atomic E-state index is 9.73. The SMILES string of the molecule is CC(O)C(NCCCCCN)Oc1cccc(C#N)c1. The van der Waals surface area contributed by atoms with E-state index in [-0.39, 0.29) is 0 Å². The van der Waals surface area contributed by atoms with E-state index >= 15 is 0 Å². The van der Waals surface area contributed by atoms with Gasteiger partial charge < -0.3 is 15.6 Å². The van der Waals surface area contributed by atoms with Crippen molar-refractivity contribution in [1.29, 1.82) is 5.26 Å². The van der Waals surface area contributed by atoms with Crippen molar-refractivity contribution in [2.75, 3.05) is 13.1 Å². The molecule has 0 aromatic heterocycles. The van der Waals surface area contributed by atoms with Crippen LogP contribution in [0.25, 0.3) is 0 Å². The van der Waals surface area contributed by atoms with Crippen LogP contribution < -0.4 is 15.8 Å². The average Bonchev–Trinajstić information content (AvgIpc) is 2.45. The highest BCUT2D eigenvalue weighted by Gasteiger charge is 2.15. The molecule has 0 bridgehead atoms. The van der Waals surface area contributed by atoms with Crippen molar-refractivity contribution in [3.8, 4) is 11.8 Å². The lowest BCUT2D eigenvalue weighted by molar-refractivity contribution is 0.0269. The molecule has 1 aromatic rings. The highest BCUT2D eigenvalue weighted by molar-refractivity contribution is 5.36. The summed E-state index contributed by atoms with van der Waals surface area (Å²) in [5.74, 6) is 0.574. The Kier molecular flexibility index (Phi) is 7.66. The Labute approximate surface area is 120 Å². The molecule has 5 nitrogen and oxygen atoms in total. The predicted molar refractivity (Wildman–Crippen MR) is 78.2 cm³/mol. The van der Waals surface area contributed by atoms with Crippen LogP contribution in [0.3, 0.4) is 0 Å². The van der Waals surface area contributed by atoms with Gasteiger partial charge >= 0.3 is 0 Å². The van der Waals surface area contributed by atoms with E-state index in [2.05, 4.69) is 11.4 Å². The fourth-order valence-corrected chi connectivity index (χ4v) is 1.79. The van der Waals surface area contributed by atoms with Crippen LogP contribution in [0.15, 0.2) is 24.3 Å². The Hall–Kier alpha value is -1.61. The molecule has 0 aliphatic rings. The number of benzene rings is 1. The van der Waals surface area contributed by atoms with Crippen LogP contribution in [-0.4, -0.2) is 30.5 Å². The number of nitriles is 1. The lowest BCUT2D eigenvalue weighted by Crippen LogP contribution is -2.43. The van der Waals surface area contributed by atoms with Gasteiger partial charge in [0.25, 0.3) is 0 Å². The number of unbranched alkanes of at least 4 members (excludes halogenated alkanes) is 2. The van der Waals surface area contributed by atoms with Crippen LogP contribution in [0.1, 0.15) is 31.7 Å². The largest absolute Gasteiger partial charge is 0.473 e. The van der Waals surface area contributed by atoms with Crippen molar-refractivity contribution in [3.63, 3.8) is 0 Å². The van der Waals surface area contributed by atoms with Crippen LogP contribution in [-0.2, 0) is 0 Å². The molecule has 0 saturated carbocycles. The molecule has 5 heteroatoms. The van der Waals surface area contributed by atoms with Gasteiger partial charge in [0.1, 0.15) is 11.9 Å². The Balaban J connectivity index is 2.48. The number of hydrogen-bond donors (Lipinski definition) is 3. The van der Waals surface area contributed by atoms with Gasteiger partial charge in [0.2, 0.25) is 0 Å². The quantitative estimate of drug-likeness (QED) is 0.468. The summed E-state index contributed by atoms with van der Waals surface area (Å²) in [6, 6.07) is 8.96. The van der Waals surface area contributed by atoms with Crippen LogP contribution in [0.4, 0.5) is 0 Å². The van der Waals surface area contributed by atoms with Crippen LogP contribution in [0.5, 0.6) is 5.75 Å². The predicted octanol–water partition coefficient (Wildman–Crippen LogP) is 1.36. The smallest absolute Gasteiger partial charge is 0.176 e. The second-order valence-corrected chi connectivity index (χ2v) is 4.72. The summed E-state index contributed by atoms with van der Waals surface area (Å²) in [6.07, 6.45) is 1.92. The van der Waals surface area contributed by atoms with Crippen molar-refractivity contribution < 1.29 is 9.84 Å². The molecule has 0 aliphatic heterocycles. The normalized spacial score (nSPS) is 13.5. The summed E-state index contributed by atoms with van der Waals surface area (Å²) in [7, 11) is 0. The molecule has 0 spiro atoms. The van der Waals surface area contributed by atoms with Crippen molar-refractivity contribution in [3.05, 3.63) is 29.8 Å². The summed E-state index contributed by atoms with van der Waals surface area (Å²) in [5, 5.41) is 21.7. The summed E-state index contributed by atoms with van der Waals surface area (Å²) in [4.78, 5) is 0. The van der Waals surface area contributed by atoms with Crippen LogP contribution in [0.2, 0.25) is 0 Å². The highest BCUT2D eigenvalue weighted by Crippen LogP contribution is 2.14. The minimum atomic E-state index is -0.643. The molecular formula is C15H23N3O2. The molecule has 0 aliphatic carbocycles. The number of ether oxygens (including phenoxy) is 1. The molecule has 1 rings (SSSR count). The zero-order chi connectivity index (χ0) is 14.8. The number of nitrogens with zero attached hydrogens (tertiary/aromatic N) is 1. The van der Waals surface area contributed by atoms with E-state index in [0.29, 0.717) is 17.9 Å². The molecule has 110 valence electrons. The molecule has 0 fully saturated rings. The molecule has 0 amide bonds. The topological polar surface area (TPSA) is 91.3 Å². The third-order valence-corrected chi connectivity index (χ3v) is 2.89. The lowest BCUT2D eigenvalue weighted by Gasteiger charge is -2.23. The summed E-state index contributed by atoms with van der Waals surface area (Å²) >= 11 is 0. The first-order valence-electron chi connectivity index (χ1n) is 6.95. The first-order valence-corrected chi connectivity index (χ1v) is 6.95. The molecule has 2 unspecified atom stereocenters. The van der Waals surface area contributed by atoms with Crippen molar-refractivity contribution in [2.45, 2.75) is 38.5 Å². The highest BCUT2D eigenvalue weighted by atomic mass is 16.5. The second kappa shape index (κ2) is 9.32. The minimum Gasteiger partial charge on any atom is -0.473 e. The first-order chi connectivity index (χ1) is 9.67. The number of aliphatic hydroxyl groups is 1. The zero-order valence-electron chi connectivity index (χ0n) is 11.9. The Morgan fingerprint density at radius 3 is 2.85 bits per heavy atom. The van der Waals surface area contributed by atoms with Gasteiger partial charge in [0.15, 0.2) is 6.23 Å². The fourth-order valence-electron chi connectivity index (χ4n) is 1.79. The fraction of sp³-hybridized carbons (Fsp3) is 0.533. The number of aliphatic hydroxyl groups excluding tert-OH is 1. The molecule has 1 aromatic carbocycles. The average molecular weight is 277 g/mol.